The fraction of sp³-hybridized carbons (Fsp3) is 0.360. The van der Waals surface area contributed by atoms with Crippen molar-refractivity contribution in [3.63, 3.8) is 0 Å². The van der Waals surface area contributed by atoms with Crippen LogP contribution < -0.4 is 0 Å². The van der Waals surface area contributed by atoms with Gasteiger partial charge in [-0.2, -0.15) is 0 Å². The zero-order valence-corrected chi connectivity index (χ0v) is 19.0. The number of hydrogen-bond donors (Lipinski definition) is 0. The van der Waals surface area contributed by atoms with Crippen LogP contribution in [0.25, 0.3) is 0 Å². The number of amides is 2. The summed E-state index contributed by atoms with van der Waals surface area (Å²) >= 11 is 1.78. The molecule has 5 rings (SSSR count). The van der Waals surface area contributed by atoms with Crippen molar-refractivity contribution in [3.8, 4) is 0 Å². The van der Waals surface area contributed by atoms with Crippen LogP contribution in [0.15, 0.2) is 58.3 Å². The van der Waals surface area contributed by atoms with Crippen LogP contribution in [-0.4, -0.2) is 65.8 Å². The van der Waals surface area contributed by atoms with Crippen molar-refractivity contribution < 1.29 is 14.0 Å². The van der Waals surface area contributed by atoms with E-state index in [0.29, 0.717) is 38.5 Å². The van der Waals surface area contributed by atoms with Crippen LogP contribution in [0.5, 0.6) is 0 Å². The SMILES string of the molecule is Cc1ccc(C(=O)N2CCN(CC(=O)N3CCc4sccc4C3c3ccccc3)CC2)o1. The summed E-state index contributed by atoms with van der Waals surface area (Å²) in [5, 5.41) is 2.13. The molecule has 3 aromatic rings. The molecule has 1 unspecified atom stereocenters. The van der Waals surface area contributed by atoms with Crippen LogP contribution in [0, 0.1) is 6.92 Å². The highest BCUT2D eigenvalue weighted by molar-refractivity contribution is 7.10. The normalized spacial score (nSPS) is 19.1. The van der Waals surface area contributed by atoms with Gasteiger partial charge in [0.1, 0.15) is 5.76 Å². The molecule has 1 fully saturated rings. The largest absolute Gasteiger partial charge is 0.456 e. The lowest BCUT2D eigenvalue weighted by Gasteiger charge is -2.39. The maximum absolute atomic E-state index is 13.4. The molecule has 1 aromatic carbocycles. The molecule has 0 spiro atoms. The second-order valence-electron chi connectivity index (χ2n) is 8.43. The topological polar surface area (TPSA) is 57.0 Å². The average Bonchev–Trinajstić information content (AvgIpc) is 3.48. The second kappa shape index (κ2) is 8.92. The lowest BCUT2D eigenvalue weighted by molar-refractivity contribution is -0.134. The van der Waals surface area contributed by atoms with Gasteiger partial charge in [0.05, 0.1) is 12.6 Å². The number of thiophene rings is 1. The van der Waals surface area contributed by atoms with Crippen LogP contribution >= 0.6 is 11.3 Å². The monoisotopic (exact) mass is 449 g/mol. The van der Waals surface area contributed by atoms with E-state index in [1.807, 2.05) is 41.0 Å². The molecule has 2 amide bonds. The molecule has 2 aromatic heterocycles. The molecule has 4 heterocycles. The smallest absolute Gasteiger partial charge is 0.289 e. The van der Waals surface area contributed by atoms with Gasteiger partial charge in [0, 0.05) is 37.6 Å². The molecule has 0 bridgehead atoms. The maximum atomic E-state index is 13.4. The van der Waals surface area contributed by atoms with E-state index < -0.39 is 0 Å². The van der Waals surface area contributed by atoms with Gasteiger partial charge >= 0.3 is 0 Å². The first-order chi connectivity index (χ1) is 15.6. The molecule has 1 atom stereocenters. The lowest BCUT2D eigenvalue weighted by atomic mass is 9.93. The van der Waals surface area contributed by atoms with E-state index in [4.69, 9.17) is 4.42 Å². The number of piperazine rings is 1. The van der Waals surface area contributed by atoms with Crippen LogP contribution in [0.4, 0.5) is 0 Å². The number of carbonyl (C=O) groups is 2. The minimum Gasteiger partial charge on any atom is -0.456 e. The number of nitrogens with zero attached hydrogens (tertiary/aromatic N) is 3. The second-order valence-corrected chi connectivity index (χ2v) is 9.43. The third-order valence-corrected chi connectivity index (χ3v) is 7.37. The molecule has 0 aliphatic carbocycles. The summed E-state index contributed by atoms with van der Waals surface area (Å²) in [6.45, 7) is 5.52. The Morgan fingerprint density at radius 2 is 1.78 bits per heavy atom. The van der Waals surface area contributed by atoms with E-state index in [1.165, 1.54) is 10.4 Å². The molecule has 32 heavy (non-hydrogen) atoms. The zero-order chi connectivity index (χ0) is 22.1. The maximum Gasteiger partial charge on any atom is 0.289 e. The highest BCUT2D eigenvalue weighted by atomic mass is 32.1. The predicted octanol–water partition coefficient (Wildman–Crippen LogP) is 3.58. The lowest BCUT2D eigenvalue weighted by Crippen LogP contribution is -2.52. The summed E-state index contributed by atoms with van der Waals surface area (Å²) < 4.78 is 5.48. The van der Waals surface area contributed by atoms with Crippen molar-refractivity contribution in [1.29, 1.82) is 0 Å². The molecule has 0 saturated carbocycles. The number of furan rings is 1. The highest BCUT2D eigenvalue weighted by Crippen LogP contribution is 2.37. The minimum atomic E-state index is -0.0748. The van der Waals surface area contributed by atoms with Crippen LogP contribution in [0.1, 0.15) is 38.4 Å². The summed E-state index contributed by atoms with van der Waals surface area (Å²) in [5.74, 6) is 1.20. The quantitative estimate of drug-likeness (QED) is 0.611. The molecular formula is C25H27N3O3S. The van der Waals surface area contributed by atoms with Crippen molar-refractivity contribution in [1.82, 2.24) is 14.7 Å². The number of benzene rings is 1. The summed E-state index contributed by atoms with van der Waals surface area (Å²) in [7, 11) is 0. The molecule has 1 saturated heterocycles. The first-order valence-corrected chi connectivity index (χ1v) is 12.0. The third kappa shape index (κ3) is 4.10. The third-order valence-electron chi connectivity index (χ3n) is 6.37. The van der Waals surface area contributed by atoms with E-state index in [-0.39, 0.29) is 17.9 Å². The van der Waals surface area contributed by atoms with E-state index in [2.05, 4.69) is 28.5 Å². The Balaban J connectivity index is 1.24. The Hall–Kier alpha value is -2.90. The molecule has 2 aliphatic rings. The van der Waals surface area contributed by atoms with Crippen LogP contribution in [0.2, 0.25) is 0 Å². The van der Waals surface area contributed by atoms with E-state index in [9.17, 15) is 9.59 Å². The fourth-order valence-corrected chi connectivity index (χ4v) is 5.58. The summed E-state index contributed by atoms with van der Waals surface area (Å²) in [5.41, 5.74) is 2.41. The standard InChI is InChI=1S/C25H27N3O3S/c1-18-7-8-21(31-18)25(30)27-14-12-26(13-15-27)17-23(29)28-11-9-22-20(10-16-32-22)24(28)19-5-3-2-4-6-19/h2-8,10,16,24H,9,11-15,17H2,1H3. The van der Waals surface area contributed by atoms with Crippen molar-refractivity contribution in [2.45, 2.75) is 19.4 Å². The fourth-order valence-electron chi connectivity index (χ4n) is 4.68. The Morgan fingerprint density at radius 3 is 2.50 bits per heavy atom. The molecule has 0 radical (unpaired) electrons. The molecular weight excluding hydrogens is 422 g/mol. The van der Waals surface area contributed by atoms with Gasteiger partial charge in [0.15, 0.2) is 5.76 Å². The van der Waals surface area contributed by atoms with Crippen LogP contribution in [-0.2, 0) is 11.2 Å². The van der Waals surface area contributed by atoms with Crippen molar-refractivity contribution >= 4 is 23.2 Å². The summed E-state index contributed by atoms with van der Waals surface area (Å²) in [6.07, 6.45) is 0.910. The minimum absolute atomic E-state index is 0.0243. The molecule has 0 N–H and O–H groups in total. The highest BCUT2D eigenvalue weighted by Gasteiger charge is 2.34. The Kier molecular flexibility index (Phi) is 5.85. The van der Waals surface area contributed by atoms with Crippen molar-refractivity contribution in [2.24, 2.45) is 0 Å². The van der Waals surface area contributed by atoms with Gasteiger partial charge in [-0.05, 0) is 48.1 Å². The zero-order valence-electron chi connectivity index (χ0n) is 18.2. The van der Waals surface area contributed by atoms with Gasteiger partial charge in [0.25, 0.3) is 5.91 Å². The van der Waals surface area contributed by atoms with Gasteiger partial charge in [-0.3, -0.25) is 14.5 Å². The number of rotatable bonds is 4. The van der Waals surface area contributed by atoms with Crippen molar-refractivity contribution in [2.75, 3.05) is 39.3 Å². The number of aryl methyl sites for hydroxylation is 1. The number of hydrogen-bond acceptors (Lipinski definition) is 5. The number of carbonyl (C=O) groups excluding carboxylic acids is 2. The molecule has 7 heteroatoms. The van der Waals surface area contributed by atoms with Gasteiger partial charge in [-0.1, -0.05) is 30.3 Å². The van der Waals surface area contributed by atoms with E-state index >= 15 is 0 Å². The Bertz CT molecular complexity index is 1100. The summed E-state index contributed by atoms with van der Waals surface area (Å²) in [4.78, 5) is 33.4. The first-order valence-electron chi connectivity index (χ1n) is 11.1. The molecule has 6 nitrogen and oxygen atoms in total. The Morgan fingerprint density at radius 1 is 1.00 bits per heavy atom. The molecule has 166 valence electrons. The van der Waals surface area contributed by atoms with Crippen molar-refractivity contribution in [3.05, 3.63) is 81.4 Å². The summed E-state index contributed by atoms with van der Waals surface area (Å²) in [6, 6.07) is 16.0. The predicted molar refractivity (Wildman–Crippen MR) is 124 cm³/mol. The van der Waals surface area contributed by atoms with E-state index in [0.717, 1.165) is 24.3 Å². The van der Waals surface area contributed by atoms with Gasteiger partial charge < -0.3 is 14.2 Å². The number of fused-ring (bicyclic) bond motifs is 1. The van der Waals surface area contributed by atoms with Gasteiger partial charge in [0.2, 0.25) is 5.91 Å². The first kappa shape index (κ1) is 21.0. The van der Waals surface area contributed by atoms with E-state index in [1.54, 1.807) is 17.4 Å². The van der Waals surface area contributed by atoms with Crippen LogP contribution in [0.3, 0.4) is 0 Å². The molecule has 2 aliphatic heterocycles. The Labute approximate surface area is 192 Å². The van der Waals surface area contributed by atoms with Gasteiger partial charge in [-0.25, -0.2) is 0 Å². The van der Waals surface area contributed by atoms with Gasteiger partial charge in [-0.15, -0.1) is 11.3 Å². The average molecular weight is 450 g/mol.